The summed E-state index contributed by atoms with van der Waals surface area (Å²) < 4.78 is 0. The van der Waals surface area contributed by atoms with E-state index in [1.54, 1.807) is 24.4 Å². The van der Waals surface area contributed by atoms with Crippen molar-refractivity contribution in [2.45, 2.75) is 13.8 Å². The number of piperazine rings is 1. The van der Waals surface area contributed by atoms with Crippen LogP contribution in [0.2, 0.25) is 10.0 Å². The van der Waals surface area contributed by atoms with Crippen molar-refractivity contribution >= 4 is 51.6 Å². The third-order valence-corrected chi connectivity index (χ3v) is 6.91. The SMILES string of the molecule is Cc1cc(Nc2ncc3c(C)c(-c4cc(Cl)cc(Cl)c4)c(=O)[nH]c3n2)ccc1N1CCN(C)CC1. The zero-order valence-corrected chi connectivity index (χ0v) is 21.3. The molecule has 2 aromatic heterocycles. The number of halogens is 2. The molecule has 1 fully saturated rings. The monoisotopic (exact) mass is 508 g/mol. The van der Waals surface area contributed by atoms with Crippen molar-refractivity contribution < 1.29 is 0 Å². The summed E-state index contributed by atoms with van der Waals surface area (Å²) in [5.74, 6) is 0.415. The number of nitrogens with one attached hydrogen (secondary N) is 2. The lowest BCUT2D eigenvalue weighted by atomic mass is 10.0. The number of likely N-dealkylation sites (N-methyl/N-ethyl adjacent to an activating group) is 1. The number of aryl methyl sites for hydroxylation is 2. The topological polar surface area (TPSA) is 77.1 Å². The first-order valence-corrected chi connectivity index (χ1v) is 12.2. The average molecular weight is 509 g/mol. The molecule has 0 bridgehead atoms. The number of hydrogen-bond donors (Lipinski definition) is 2. The molecule has 0 atom stereocenters. The fourth-order valence-corrected chi connectivity index (χ4v) is 5.12. The molecule has 1 aliphatic rings. The Balaban J connectivity index is 1.43. The number of H-pyrrole nitrogens is 1. The first kappa shape index (κ1) is 23.6. The Kier molecular flexibility index (Phi) is 6.40. The van der Waals surface area contributed by atoms with Crippen LogP contribution in [0, 0.1) is 13.8 Å². The highest BCUT2D eigenvalue weighted by Gasteiger charge is 2.17. The standard InChI is InChI=1S/C26H26Cl2N6O/c1-15-10-20(4-5-22(15)34-8-6-33(3)7-9-34)30-26-29-14-21-16(2)23(25(35)31-24(21)32-26)17-11-18(27)13-19(28)12-17/h4-5,10-14H,6-9H2,1-3H3,(H2,29,30,31,32,35). The van der Waals surface area contributed by atoms with Crippen LogP contribution in [-0.4, -0.2) is 53.1 Å². The second-order valence-electron chi connectivity index (χ2n) is 8.98. The molecule has 0 aliphatic carbocycles. The van der Waals surface area contributed by atoms with Gasteiger partial charge in [0.2, 0.25) is 5.95 Å². The quantitative estimate of drug-likeness (QED) is 0.384. The number of pyridine rings is 1. The van der Waals surface area contributed by atoms with E-state index in [-0.39, 0.29) is 5.56 Å². The van der Waals surface area contributed by atoms with Crippen LogP contribution in [-0.2, 0) is 0 Å². The summed E-state index contributed by atoms with van der Waals surface area (Å²) in [7, 11) is 2.16. The Morgan fingerprint density at radius 2 is 1.71 bits per heavy atom. The predicted molar refractivity (Wildman–Crippen MR) is 145 cm³/mol. The minimum Gasteiger partial charge on any atom is -0.369 e. The van der Waals surface area contributed by atoms with Gasteiger partial charge in [-0.2, -0.15) is 4.98 Å². The van der Waals surface area contributed by atoms with Crippen molar-refractivity contribution in [2.75, 3.05) is 43.4 Å². The maximum absolute atomic E-state index is 13.0. The summed E-state index contributed by atoms with van der Waals surface area (Å²) >= 11 is 12.3. The summed E-state index contributed by atoms with van der Waals surface area (Å²) in [6.45, 7) is 8.16. The Labute approximate surface area is 213 Å². The van der Waals surface area contributed by atoms with Gasteiger partial charge in [0.05, 0.1) is 5.56 Å². The molecule has 9 heteroatoms. The van der Waals surface area contributed by atoms with Crippen LogP contribution < -0.4 is 15.8 Å². The molecule has 0 saturated carbocycles. The smallest absolute Gasteiger partial charge is 0.257 e. The third kappa shape index (κ3) is 4.85. The Bertz CT molecular complexity index is 1460. The van der Waals surface area contributed by atoms with E-state index in [0.717, 1.165) is 42.8 Å². The molecular weight excluding hydrogens is 483 g/mol. The van der Waals surface area contributed by atoms with Crippen LogP contribution in [0.25, 0.3) is 22.2 Å². The van der Waals surface area contributed by atoms with Gasteiger partial charge in [-0.15, -0.1) is 0 Å². The van der Waals surface area contributed by atoms with Crippen molar-refractivity contribution in [1.82, 2.24) is 19.9 Å². The maximum atomic E-state index is 13.0. The van der Waals surface area contributed by atoms with E-state index in [9.17, 15) is 4.79 Å². The van der Waals surface area contributed by atoms with Crippen molar-refractivity contribution in [3.63, 3.8) is 0 Å². The van der Waals surface area contributed by atoms with Gasteiger partial charge in [-0.1, -0.05) is 23.2 Å². The van der Waals surface area contributed by atoms with Gasteiger partial charge in [-0.3, -0.25) is 4.79 Å². The van der Waals surface area contributed by atoms with E-state index in [2.05, 4.69) is 56.2 Å². The molecule has 5 rings (SSSR count). The molecule has 35 heavy (non-hydrogen) atoms. The van der Waals surface area contributed by atoms with Crippen LogP contribution in [0.1, 0.15) is 11.1 Å². The maximum Gasteiger partial charge on any atom is 0.257 e. The van der Waals surface area contributed by atoms with Crippen molar-refractivity contribution in [2.24, 2.45) is 0 Å². The number of rotatable bonds is 4. The lowest BCUT2D eigenvalue weighted by Gasteiger charge is -2.35. The first-order valence-electron chi connectivity index (χ1n) is 11.5. The van der Waals surface area contributed by atoms with Crippen LogP contribution >= 0.6 is 23.2 Å². The van der Waals surface area contributed by atoms with Gasteiger partial charge in [0.15, 0.2) is 0 Å². The number of hydrogen-bond acceptors (Lipinski definition) is 6. The fourth-order valence-electron chi connectivity index (χ4n) is 4.60. The van der Waals surface area contributed by atoms with E-state index in [1.807, 2.05) is 13.0 Å². The second-order valence-corrected chi connectivity index (χ2v) is 9.86. The van der Waals surface area contributed by atoms with Crippen molar-refractivity contribution in [3.8, 4) is 11.1 Å². The van der Waals surface area contributed by atoms with Crippen molar-refractivity contribution in [1.29, 1.82) is 0 Å². The molecule has 1 aliphatic heterocycles. The summed E-state index contributed by atoms with van der Waals surface area (Å²) in [6, 6.07) is 11.4. The molecular formula is C26H26Cl2N6O. The number of nitrogens with zero attached hydrogens (tertiary/aromatic N) is 4. The molecule has 0 unspecified atom stereocenters. The molecule has 180 valence electrons. The van der Waals surface area contributed by atoms with Gasteiger partial charge >= 0.3 is 0 Å². The molecule has 2 N–H and O–H groups in total. The van der Waals surface area contributed by atoms with Crippen LogP contribution in [0.15, 0.2) is 47.4 Å². The highest BCUT2D eigenvalue weighted by molar-refractivity contribution is 6.35. The van der Waals surface area contributed by atoms with Crippen LogP contribution in [0.3, 0.4) is 0 Å². The number of anilines is 3. The summed E-state index contributed by atoms with van der Waals surface area (Å²) in [6.07, 6.45) is 1.72. The Morgan fingerprint density at radius 1 is 1.00 bits per heavy atom. The molecule has 4 aromatic rings. The third-order valence-electron chi connectivity index (χ3n) is 6.47. The molecule has 0 amide bonds. The highest BCUT2D eigenvalue weighted by Crippen LogP contribution is 2.30. The minimum atomic E-state index is -0.259. The normalized spacial score (nSPS) is 14.5. The zero-order chi connectivity index (χ0) is 24.7. The predicted octanol–water partition coefficient (Wildman–Crippen LogP) is 5.40. The van der Waals surface area contributed by atoms with Gasteiger partial charge in [-0.05, 0) is 74.0 Å². The van der Waals surface area contributed by atoms with E-state index >= 15 is 0 Å². The summed E-state index contributed by atoms with van der Waals surface area (Å²) in [4.78, 5) is 29.7. The van der Waals surface area contributed by atoms with Crippen LogP contribution in [0.4, 0.5) is 17.3 Å². The summed E-state index contributed by atoms with van der Waals surface area (Å²) in [5.41, 5.74) is 5.46. The van der Waals surface area contributed by atoms with E-state index in [1.165, 1.54) is 11.3 Å². The first-order chi connectivity index (χ1) is 16.8. The second kappa shape index (κ2) is 9.49. The van der Waals surface area contributed by atoms with Gasteiger partial charge in [0, 0.05) is 59.2 Å². The molecule has 1 saturated heterocycles. The number of aromatic nitrogens is 3. The lowest BCUT2D eigenvalue weighted by Crippen LogP contribution is -2.44. The molecule has 0 spiro atoms. The number of fused-ring (bicyclic) bond motifs is 1. The van der Waals surface area contributed by atoms with Gasteiger partial charge in [0.25, 0.3) is 5.56 Å². The zero-order valence-electron chi connectivity index (χ0n) is 19.8. The molecule has 2 aromatic carbocycles. The van der Waals surface area contributed by atoms with E-state index in [0.29, 0.717) is 32.8 Å². The average Bonchev–Trinajstić information content (AvgIpc) is 2.79. The van der Waals surface area contributed by atoms with Gasteiger partial charge in [0.1, 0.15) is 5.65 Å². The lowest BCUT2D eigenvalue weighted by molar-refractivity contribution is 0.312. The highest BCUT2D eigenvalue weighted by atomic mass is 35.5. The largest absolute Gasteiger partial charge is 0.369 e. The Morgan fingerprint density at radius 3 is 2.40 bits per heavy atom. The molecule has 3 heterocycles. The number of benzene rings is 2. The molecule has 7 nitrogen and oxygen atoms in total. The van der Waals surface area contributed by atoms with E-state index in [4.69, 9.17) is 23.2 Å². The minimum absolute atomic E-state index is 0.259. The van der Waals surface area contributed by atoms with Gasteiger partial charge in [-0.25, -0.2) is 4.98 Å². The van der Waals surface area contributed by atoms with Gasteiger partial charge < -0.3 is 20.1 Å². The summed E-state index contributed by atoms with van der Waals surface area (Å²) in [5, 5.41) is 4.96. The van der Waals surface area contributed by atoms with E-state index < -0.39 is 0 Å². The van der Waals surface area contributed by atoms with Crippen molar-refractivity contribution in [3.05, 3.63) is 74.1 Å². The number of aromatic amines is 1. The Hall–Kier alpha value is -3.13. The molecule has 0 radical (unpaired) electrons. The fraction of sp³-hybridized carbons (Fsp3) is 0.269. The van der Waals surface area contributed by atoms with Crippen LogP contribution in [0.5, 0.6) is 0 Å².